The van der Waals surface area contributed by atoms with Crippen LogP contribution in [0.4, 0.5) is 9.18 Å². The first-order valence-electron chi connectivity index (χ1n) is 8.65. The minimum Gasteiger partial charge on any atom is -0.494 e. The first-order valence-corrected chi connectivity index (χ1v) is 8.65. The predicted molar refractivity (Wildman–Crippen MR) is 96.3 cm³/mol. The Bertz CT molecular complexity index is 759. The zero-order chi connectivity index (χ0) is 18.6. The lowest BCUT2D eigenvalue weighted by atomic mass is 9.84. The normalized spacial score (nSPS) is 16.2. The number of ether oxygens (including phenoxy) is 1. The number of aliphatic hydroxyl groups is 1. The highest BCUT2D eigenvalue weighted by atomic mass is 19.1. The molecule has 138 valence electrons. The average Bonchev–Trinajstić information content (AvgIpc) is 2.67. The van der Waals surface area contributed by atoms with Crippen LogP contribution in [0.1, 0.15) is 24.0 Å². The molecule has 3 rings (SSSR count). The number of piperidine rings is 1. The summed E-state index contributed by atoms with van der Waals surface area (Å²) in [6.45, 7) is 1.17. The van der Waals surface area contributed by atoms with Crippen molar-refractivity contribution in [3.63, 3.8) is 0 Å². The second-order valence-corrected chi connectivity index (χ2v) is 6.51. The summed E-state index contributed by atoms with van der Waals surface area (Å²) in [6.07, 6.45) is 0.975. The Morgan fingerprint density at radius 1 is 1.23 bits per heavy atom. The highest BCUT2D eigenvalue weighted by molar-refractivity contribution is 5.74. The number of hydrogen-bond acceptors (Lipinski definition) is 3. The van der Waals surface area contributed by atoms with Crippen molar-refractivity contribution in [2.75, 3.05) is 20.2 Å². The average molecular weight is 358 g/mol. The predicted octanol–water partition coefficient (Wildman–Crippen LogP) is 3.03. The van der Waals surface area contributed by atoms with Gasteiger partial charge in [-0.25, -0.2) is 9.18 Å². The summed E-state index contributed by atoms with van der Waals surface area (Å²) < 4.78 is 18.6. The largest absolute Gasteiger partial charge is 0.494 e. The molecule has 1 fully saturated rings. The number of likely N-dealkylation sites (tertiary alicyclic amines) is 1. The molecule has 2 amide bonds. The van der Waals surface area contributed by atoms with E-state index in [1.54, 1.807) is 11.0 Å². The van der Waals surface area contributed by atoms with Crippen LogP contribution in [0.5, 0.6) is 5.75 Å². The third-order valence-corrected chi connectivity index (χ3v) is 4.85. The molecule has 0 spiro atoms. The van der Waals surface area contributed by atoms with E-state index in [0.717, 1.165) is 5.56 Å². The number of amides is 2. The summed E-state index contributed by atoms with van der Waals surface area (Å²) in [5.41, 5.74) is 0.653. The smallest absolute Gasteiger partial charge is 0.317 e. The molecule has 5 nitrogen and oxygen atoms in total. The second-order valence-electron chi connectivity index (χ2n) is 6.51. The van der Waals surface area contributed by atoms with Crippen LogP contribution in [0.15, 0.2) is 48.5 Å². The lowest BCUT2D eigenvalue weighted by Crippen LogP contribution is -2.48. The van der Waals surface area contributed by atoms with Crippen LogP contribution in [-0.2, 0) is 12.1 Å². The number of nitrogens with one attached hydrogen (secondary N) is 1. The van der Waals surface area contributed by atoms with Gasteiger partial charge in [0.2, 0.25) is 0 Å². The van der Waals surface area contributed by atoms with E-state index in [4.69, 9.17) is 4.74 Å². The number of benzene rings is 2. The van der Waals surface area contributed by atoms with Crippen LogP contribution in [0.3, 0.4) is 0 Å². The fourth-order valence-electron chi connectivity index (χ4n) is 3.23. The van der Waals surface area contributed by atoms with Crippen LogP contribution in [0, 0.1) is 5.82 Å². The summed E-state index contributed by atoms with van der Waals surface area (Å²) in [6, 6.07) is 13.9. The van der Waals surface area contributed by atoms with Gasteiger partial charge < -0.3 is 20.1 Å². The maximum Gasteiger partial charge on any atom is 0.317 e. The molecule has 1 heterocycles. The molecule has 2 N–H and O–H groups in total. The highest BCUT2D eigenvalue weighted by Crippen LogP contribution is 2.32. The van der Waals surface area contributed by atoms with E-state index in [1.807, 2.05) is 30.3 Å². The third kappa shape index (κ3) is 3.96. The molecule has 2 aromatic rings. The van der Waals surface area contributed by atoms with Gasteiger partial charge in [-0.15, -0.1) is 0 Å². The molecule has 0 saturated carbocycles. The molecule has 1 saturated heterocycles. The van der Waals surface area contributed by atoms with Crippen LogP contribution in [0.25, 0.3) is 0 Å². The molecule has 1 aliphatic heterocycles. The van der Waals surface area contributed by atoms with Crippen molar-refractivity contribution in [1.29, 1.82) is 0 Å². The van der Waals surface area contributed by atoms with Gasteiger partial charge in [0.25, 0.3) is 0 Å². The van der Waals surface area contributed by atoms with E-state index in [2.05, 4.69) is 5.32 Å². The summed E-state index contributed by atoms with van der Waals surface area (Å²) in [5, 5.41) is 13.6. The number of methoxy groups -OCH3 is 1. The lowest BCUT2D eigenvalue weighted by molar-refractivity contribution is -0.0168. The SMILES string of the molecule is COc1ccc(CNC(=O)N2CCC(O)(c3ccccc3)CC2)cc1F. The van der Waals surface area contributed by atoms with Crippen LogP contribution >= 0.6 is 0 Å². The first-order chi connectivity index (χ1) is 12.5. The Morgan fingerprint density at radius 3 is 2.54 bits per heavy atom. The fraction of sp³-hybridized carbons (Fsp3) is 0.350. The molecule has 26 heavy (non-hydrogen) atoms. The van der Waals surface area contributed by atoms with E-state index in [0.29, 0.717) is 31.5 Å². The van der Waals surface area contributed by atoms with Crippen molar-refractivity contribution >= 4 is 6.03 Å². The number of rotatable bonds is 4. The maximum atomic E-state index is 13.7. The molecule has 0 unspecified atom stereocenters. The number of carbonyl (C=O) groups excluding carboxylic acids is 1. The summed E-state index contributed by atoms with van der Waals surface area (Å²) in [5.74, 6) is -0.276. The quantitative estimate of drug-likeness (QED) is 0.883. The molecular weight excluding hydrogens is 335 g/mol. The Labute approximate surface area is 152 Å². The van der Waals surface area contributed by atoms with E-state index < -0.39 is 11.4 Å². The summed E-state index contributed by atoms with van der Waals surface area (Å²) >= 11 is 0. The van der Waals surface area contributed by atoms with Crippen molar-refractivity contribution in [2.45, 2.75) is 25.0 Å². The van der Waals surface area contributed by atoms with Gasteiger partial charge in [0.15, 0.2) is 11.6 Å². The Balaban J connectivity index is 1.53. The number of carbonyl (C=O) groups is 1. The van der Waals surface area contributed by atoms with Gasteiger partial charge >= 0.3 is 6.03 Å². The van der Waals surface area contributed by atoms with Gasteiger partial charge in [-0.05, 0) is 36.1 Å². The Morgan fingerprint density at radius 2 is 1.92 bits per heavy atom. The van der Waals surface area contributed by atoms with Crippen LogP contribution in [-0.4, -0.2) is 36.2 Å². The van der Waals surface area contributed by atoms with Crippen molar-refractivity contribution in [3.05, 3.63) is 65.5 Å². The fourth-order valence-corrected chi connectivity index (χ4v) is 3.23. The molecular formula is C20H23FN2O3. The number of nitrogens with zero attached hydrogens (tertiary/aromatic N) is 1. The topological polar surface area (TPSA) is 61.8 Å². The third-order valence-electron chi connectivity index (χ3n) is 4.85. The minimum absolute atomic E-state index is 0.177. The zero-order valence-electron chi connectivity index (χ0n) is 14.7. The first kappa shape index (κ1) is 18.2. The molecule has 0 radical (unpaired) electrons. The lowest BCUT2D eigenvalue weighted by Gasteiger charge is -2.38. The van der Waals surface area contributed by atoms with Crippen molar-refractivity contribution < 1.29 is 19.0 Å². The molecule has 1 aliphatic rings. The van der Waals surface area contributed by atoms with Crippen molar-refractivity contribution in [3.8, 4) is 5.75 Å². The van der Waals surface area contributed by atoms with Crippen LogP contribution < -0.4 is 10.1 Å². The molecule has 0 bridgehead atoms. The number of halogens is 1. The summed E-state index contributed by atoms with van der Waals surface area (Å²) in [4.78, 5) is 14.0. The molecule has 0 atom stereocenters. The van der Waals surface area contributed by atoms with Crippen molar-refractivity contribution in [1.82, 2.24) is 10.2 Å². The van der Waals surface area contributed by atoms with E-state index >= 15 is 0 Å². The van der Waals surface area contributed by atoms with Gasteiger partial charge in [-0.2, -0.15) is 0 Å². The van der Waals surface area contributed by atoms with Crippen LogP contribution in [0.2, 0.25) is 0 Å². The van der Waals surface area contributed by atoms with Gasteiger partial charge in [0, 0.05) is 19.6 Å². The maximum absolute atomic E-state index is 13.7. The molecule has 2 aromatic carbocycles. The number of urea groups is 1. The van der Waals surface area contributed by atoms with E-state index in [9.17, 15) is 14.3 Å². The Kier molecular flexibility index (Phi) is 5.42. The standard InChI is InChI=1S/C20H23FN2O3/c1-26-18-8-7-15(13-17(18)21)14-22-19(24)23-11-9-20(25,10-12-23)16-5-3-2-4-6-16/h2-8,13,25H,9-12,14H2,1H3,(H,22,24). The molecule has 6 heteroatoms. The summed E-state index contributed by atoms with van der Waals surface area (Å²) in [7, 11) is 1.41. The van der Waals surface area contributed by atoms with E-state index in [1.165, 1.54) is 19.2 Å². The van der Waals surface area contributed by atoms with E-state index in [-0.39, 0.29) is 18.3 Å². The monoisotopic (exact) mass is 358 g/mol. The van der Waals surface area contributed by atoms with Gasteiger partial charge in [0.1, 0.15) is 0 Å². The molecule has 0 aromatic heterocycles. The van der Waals surface area contributed by atoms with Gasteiger partial charge in [-0.3, -0.25) is 0 Å². The van der Waals surface area contributed by atoms with Crippen molar-refractivity contribution in [2.24, 2.45) is 0 Å². The van der Waals surface area contributed by atoms with Gasteiger partial charge in [-0.1, -0.05) is 36.4 Å². The zero-order valence-corrected chi connectivity index (χ0v) is 14.7. The molecule has 0 aliphatic carbocycles. The van der Waals surface area contributed by atoms with Gasteiger partial charge in [0.05, 0.1) is 12.7 Å². The highest BCUT2D eigenvalue weighted by Gasteiger charge is 2.35. The minimum atomic E-state index is -0.892. The second kappa shape index (κ2) is 7.74. The number of hydrogen-bond donors (Lipinski definition) is 2. The Hall–Kier alpha value is -2.60.